The van der Waals surface area contributed by atoms with Crippen molar-refractivity contribution in [2.45, 2.75) is 5.25 Å². The van der Waals surface area contributed by atoms with Gasteiger partial charge in [0.1, 0.15) is 0 Å². The summed E-state index contributed by atoms with van der Waals surface area (Å²) in [4.78, 5) is 13.0. The van der Waals surface area contributed by atoms with E-state index in [9.17, 15) is 4.79 Å². The van der Waals surface area contributed by atoms with Crippen LogP contribution in [-0.2, 0) is 4.79 Å². The van der Waals surface area contributed by atoms with E-state index >= 15 is 0 Å². The molecule has 2 aliphatic carbocycles. The monoisotopic (exact) mass is 320 g/mol. The Morgan fingerprint density at radius 3 is 3.00 bits per heavy atom. The standard InChI is InChI=1S/C12H7OS.Sn.H/c13-9-5-3-7-11-12(9)8-4-1-2-6-10(8)14-11;;/h1-3,5-7,10H;;. The summed E-state index contributed by atoms with van der Waals surface area (Å²) in [7, 11) is 0. The Kier molecular flexibility index (Phi) is 2.28. The van der Waals surface area contributed by atoms with Crippen molar-refractivity contribution in [1.82, 2.24) is 0 Å². The van der Waals surface area contributed by atoms with E-state index in [4.69, 9.17) is 0 Å². The first-order chi connectivity index (χ1) is 7.27. The fourth-order valence-electron chi connectivity index (χ4n) is 2.01. The zero-order chi connectivity index (χ0) is 10.4. The minimum absolute atomic E-state index is 0.174. The fraction of sp³-hybridized carbons (Fsp3) is 0.0833. The van der Waals surface area contributed by atoms with Gasteiger partial charge in [-0.1, -0.05) is 0 Å². The molecule has 1 aliphatic heterocycles. The Labute approximate surface area is 106 Å². The first kappa shape index (κ1) is 9.72. The average Bonchev–Trinajstić information content (AvgIpc) is 2.58. The molecule has 3 heteroatoms. The zero-order valence-electron chi connectivity index (χ0n) is 7.94. The van der Waals surface area contributed by atoms with Crippen LogP contribution in [0.25, 0.3) is 0 Å². The van der Waals surface area contributed by atoms with Gasteiger partial charge in [0.15, 0.2) is 0 Å². The Bertz CT molecular complexity index is 506. The van der Waals surface area contributed by atoms with Crippen LogP contribution in [0.4, 0.5) is 0 Å². The van der Waals surface area contributed by atoms with Crippen LogP contribution in [0.5, 0.6) is 0 Å². The third kappa shape index (κ3) is 1.42. The second-order valence-electron chi connectivity index (χ2n) is 3.59. The molecule has 2 radical (unpaired) electrons. The van der Waals surface area contributed by atoms with Crippen LogP contribution >= 0.6 is 11.8 Å². The molecule has 0 amide bonds. The van der Waals surface area contributed by atoms with Crippen LogP contribution < -0.4 is 0 Å². The van der Waals surface area contributed by atoms with Gasteiger partial charge in [-0.05, 0) is 0 Å². The topological polar surface area (TPSA) is 17.1 Å². The number of ketones is 1. The molecular formula is C12H8OSSn. The Hall–Kier alpha value is -0.481. The van der Waals surface area contributed by atoms with Gasteiger partial charge >= 0.3 is 106 Å². The summed E-state index contributed by atoms with van der Waals surface area (Å²) in [6, 6.07) is 0. The second-order valence-corrected chi connectivity index (χ2v) is 6.55. The SMILES string of the molecule is O=C1C=CC=C2SC3C=CC=[C]([SnH])C3=C12. The third-order valence-corrected chi connectivity index (χ3v) is 5.35. The number of carbonyl (C=O) groups is 1. The van der Waals surface area contributed by atoms with E-state index in [1.165, 1.54) is 9.16 Å². The van der Waals surface area contributed by atoms with E-state index < -0.39 is 0 Å². The first-order valence-corrected chi connectivity index (χ1v) is 7.28. The van der Waals surface area contributed by atoms with Gasteiger partial charge in [-0.25, -0.2) is 0 Å². The van der Waals surface area contributed by atoms with Gasteiger partial charge in [0.05, 0.1) is 0 Å². The van der Waals surface area contributed by atoms with Gasteiger partial charge in [0.25, 0.3) is 0 Å². The van der Waals surface area contributed by atoms with Gasteiger partial charge in [-0.15, -0.1) is 0 Å². The summed E-state index contributed by atoms with van der Waals surface area (Å²) in [6.07, 6.45) is 12.0. The Balaban J connectivity index is 2.23. The average molecular weight is 319 g/mol. The summed E-state index contributed by atoms with van der Waals surface area (Å²) in [5.74, 6) is 0.174. The molecular weight excluding hydrogens is 311 g/mol. The van der Waals surface area contributed by atoms with Crippen LogP contribution in [0.3, 0.4) is 0 Å². The van der Waals surface area contributed by atoms with Crippen LogP contribution in [0, 0.1) is 0 Å². The second kappa shape index (κ2) is 3.52. The van der Waals surface area contributed by atoms with E-state index in [0.717, 1.165) is 33.0 Å². The number of hydrogen-bond acceptors (Lipinski definition) is 2. The molecule has 15 heavy (non-hydrogen) atoms. The minimum atomic E-state index is 0.174. The molecule has 72 valence electrons. The summed E-state index contributed by atoms with van der Waals surface area (Å²) in [5.41, 5.74) is 2.22. The summed E-state index contributed by atoms with van der Waals surface area (Å²) < 4.78 is 1.35. The van der Waals surface area contributed by atoms with Crippen molar-refractivity contribution in [1.29, 1.82) is 0 Å². The van der Waals surface area contributed by atoms with Crippen molar-refractivity contribution in [3.8, 4) is 0 Å². The molecule has 0 aromatic rings. The van der Waals surface area contributed by atoms with Crippen molar-refractivity contribution in [3.05, 3.63) is 56.1 Å². The maximum absolute atomic E-state index is 11.8. The predicted molar refractivity (Wildman–Crippen MR) is 65.0 cm³/mol. The van der Waals surface area contributed by atoms with Crippen molar-refractivity contribution in [3.63, 3.8) is 0 Å². The van der Waals surface area contributed by atoms with Gasteiger partial charge in [-0.3, -0.25) is 0 Å². The van der Waals surface area contributed by atoms with E-state index in [0.29, 0.717) is 5.25 Å². The van der Waals surface area contributed by atoms with Gasteiger partial charge in [0, 0.05) is 0 Å². The summed E-state index contributed by atoms with van der Waals surface area (Å²) >= 11 is 2.87. The number of carbonyl (C=O) groups excluding carboxylic acids is 1. The first-order valence-electron chi connectivity index (χ1n) is 4.75. The van der Waals surface area contributed by atoms with Crippen LogP contribution in [0.15, 0.2) is 56.1 Å². The molecule has 3 rings (SSSR count). The molecule has 1 nitrogen and oxygen atoms in total. The van der Waals surface area contributed by atoms with Gasteiger partial charge in [0.2, 0.25) is 0 Å². The van der Waals surface area contributed by atoms with E-state index in [1.54, 1.807) is 17.8 Å². The molecule has 0 aromatic heterocycles. The third-order valence-electron chi connectivity index (χ3n) is 2.67. The van der Waals surface area contributed by atoms with Crippen LogP contribution in [0.2, 0.25) is 0 Å². The molecule has 1 atom stereocenters. The molecule has 1 unspecified atom stereocenters. The van der Waals surface area contributed by atoms with Crippen molar-refractivity contribution < 1.29 is 4.79 Å². The number of allylic oxidation sites excluding steroid dienone is 7. The number of thioether (sulfide) groups is 1. The van der Waals surface area contributed by atoms with Crippen molar-refractivity contribution >= 4 is 40.1 Å². The summed E-state index contributed by atoms with van der Waals surface area (Å²) in [6.45, 7) is 0. The Morgan fingerprint density at radius 2 is 2.13 bits per heavy atom. The quantitative estimate of drug-likeness (QED) is 0.633. The number of hydrogen-bond donors (Lipinski definition) is 0. The Morgan fingerprint density at radius 1 is 1.27 bits per heavy atom. The molecule has 0 bridgehead atoms. The van der Waals surface area contributed by atoms with Crippen molar-refractivity contribution in [2.75, 3.05) is 0 Å². The summed E-state index contributed by atoms with van der Waals surface area (Å²) in [5, 5.41) is 0.380. The van der Waals surface area contributed by atoms with E-state index in [1.807, 2.05) is 6.08 Å². The van der Waals surface area contributed by atoms with Gasteiger partial charge in [-0.2, -0.15) is 0 Å². The normalized spacial score (nSPS) is 27.5. The molecule has 0 saturated heterocycles. The fourth-order valence-corrected chi connectivity index (χ4v) is 4.89. The van der Waals surface area contributed by atoms with E-state index in [-0.39, 0.29) is 5.78 Å². The maximum atomic E-state index is 11.8. The number of rotatable bonds is 0. The molecule has 0 spiro atoms. The molecule has 0 N–H and O–H groups in total. The van der Waals surface area contributed by atoms with Gasteiger partial charge < -0.3 is 0 Å². The van der Waals surface area contributed by atoms with Crippen molar-refractivity contribution in [2.24, 2.45) is 0 Å². The molecule has 3 aliphatic rings. The predicted octanol–water partition coefficient (Wildman–Crippen LogP) is 1.78. The molecule has 0 aromatic carbocycles. The number of fused-ring (bicyclic) bond motifs is 2. The zero-order valence-corrected chi connectivity index (χ0v) is 12.0. The van der Waals surface area contributed by atoms with Crippen LogP contribution in [0.1, 0.15) is 0 Å². The van der Waals surface area contributed by atoms with E-state index in [2.05, 4.69) is 24.3 Å². The molecule has 1 heterocycles. The molecule has 0 fully saturated rings. The van der Waals surface area contributed by atoms with Crippen LogP contribution in [-0.4, -0.2) is 33.6 Å². The molecule has 0 saturated carbocycles.